The normalized spacial score (nSPS) is 18.2. The number of ether oxygens (including phenoxy) is 1. The highest BCUT2D eigenvalue weighted by Crippen LogP contribution is 2.34. The van der Waals surface area contributed by atoms with Crippen molar-refractivity contribution >= 4 is 16.7 Å². The maximum Gasteiger partial charge on any atom is 0.277 e. The number of hydrogen-bond acceptors (Lipinski definition) is 6. The molecular formula is C25H34N6O2. The van der Waals surface area contributed by atoms with Crippen molar-refractivity contribution in [1.29, 1.82) is 0 Å². The molecule has 0 radical (unpaired) electrons. The van der Waals surface area contributed by atoms with Gasteiger partial charge in [-0.05, 0) is 45.9 Å². The van der Waals surface area contributed by atoms with Crippen LogP contribution in [0.5, 0.6) is 5.75 Å². The summed E-state index contributed by atoms with van der Waals surface area (Å²) < 4.78 is 7.94. The summed E-state index contributed by atoms with van der Waals surface area (Å²) in [5, 5.41) is 4.74. The van der Waals surface area contributed by atoms with Crippen LogP contribution in [0.1, 0.15) is 50.8 Å². The van der Waals surface area contributed by atoms with Gasteiger partial charge >= 0.3 is 0 Å². The zero-order valence-electron chi connectivity index (χ0n) is 19.9. The fourth-order valence-corrected chi connectivity index (χ4v) is 5.15. The quantitative estimate of drug-likeness (QED) is 0.638. The molecule has 1 aromatic carbocycles. The van der Waals surface area contributed by atoms with Crippen LogP contribution < -0.4 is 15.2 Å². The number of hydrogen-bond donors (Lipinski definition) is 1. The van der Waals surface area contributed by atoms with Crippen molar-refractivity contribution in [3.05, 3.63) is 34.2 Å². The van der Waals surface area contributed by atoms with Crippen LogP contribution in [0.4, 0.5) is 5.69 Å². The van der Waals surface area contributed by atoms with E-state index >= 15 is 0 Å². The number of benzene rings is 1. The average molecular weight is 451 g/mol. The monoisotopic (exact) mass is 450 g/mol. The van der Waals surface area contributed by atoms with E-state index < -0.39 is 0 Å². The van der Waals surface area contributed by atoms with E-state index in [1.54, 1.807) is 0 Å². The summed E-state index contributed by atoms with van der Waals surface area (Å²) >= 11 is 0. The van der Waals surface area contributed by atoms with E-state index in [1.807, 2.05) is 24.6 Å². The highest BCUT2D eigenvalue weighted by Gasteiger charge is 2.24. The zero-order chi connectivity index (χ0) is 22.9. The first-order chi connectivity index (χ1) is 16.0. The number of fused-ring (bicyclic) bond motifs is 1. The van der Waals surface area contributed by atoms with Crippen LogP contribution in [-0.2, 0) is 0 Å². The summed E-state index contributed by atoms with van der Waals surface area (Å²) in [5.74, 6) is 1.28. The van der Waals surface area contributed by atoms with E-state index in [4.69, 9.17) is 14.8 Å². The number of nitrogens with zero attached hydrogens (tertiary/aromatic N) is 5. The van der Waals surface area contributed by atoms with E-state index in [2.05, 4.69) is 34.0 Å². The Hall–Kier alpha value is -2.87. The van der Waals surface area contributed by atoms with Crippen LogP contribution in [-0.4, -0.2) is 64.5 Å². The predicted molar refractivity (Wildman–Crippen MR) is 131 cm³/mol. The Morgan fingerprint density at radius 1 is 1.12 bits per heavy atom. The van der Waals surface area contributed by atoms with Gasteiger partial charge in [-0.3, -0.25) is 9.48 Å². The minimum absolute atomic E-state index is 0.133. The van der Waals surface area contributed by atoms with E-state index in [0.29, 0.717) is 23.5 Å². The number of H-pyrrole nitrogens is 1. The highest BCUT2D eigenvalue weighted by molar-refractivity contribution is 5.80. The highest BCUT2D eigenvalue weighted by atomic mass is 16.5. The summed E-state index contributed by atoms with van der Waals surface area (Å²) in [6.45, 7) is 8.53. The van der Waals surface area contributed by atoms with Crippen molar-refractivity contribution in [2.75, 3.05) is 44.7 Å². The van der Waals surface area contributed by atoms with Crippen molar-refractivity contribution in [3.63, 3.8) is 0 Å². The summed E-state index contributed by atoms with van der Waals surface area (Å²) in [5.41, 5.74) is 3.89. The molecule has 3 heterocycles. The number of aromatic nitrogens is 4. The van der Waals surface area contributed by atoms with Crippen LogP contribution in [0, 0.1) is 6.92 Å². The fourth-order valence-electron chi connectivity index (χ4n) is 5.15. The second-order valence-electron chi connectivity index (χ2n) is 9.34. The van der Waals surface area contributed by atoms with Crippen molar-refractivity contribution in [2.24, 2.45) is 0 Å². The molecular weight excluding hydrogens is 416 g/mol. The lowest BCUT2D eigenvalue weighted by Crippen LogP contribution is -2.44. The summed E-state index contributed by atoms with van der Waals surface area (Å²) in [6.07, 6.45) is 5.77. The molecule has 0 amide bonds. The SMILES string of the molecule is CCOc1cc(N2CCN(C)CC2)ccc1-c1nc2c(C)nn(C3CCCCC3)c2c(=O)[nH]1. The van der Waals surface area contributed by atoms with Crippen LogP contribution in [0.2, 0.25) is 0 Å². The van der Waals surface area contributed by atoms with Gasteiger partial charge in [-0.1, -0.05) is 19.3 Å². The lowest BCUT2D eigenvalue weighted by Gasteiger charge is -2.34. The molecule has 8 nitrogen and oxygen atoms in total. The van der Waals surface area contributed by atoms with E-state index in [-0.39, 0.29) is 11.6 Å². The molecule has 1 N–H and O–H groups in total. The molecule has 2 fully saturated rings. The summed E-state index contributed by atoms with van der Waals surface area (Å²) in [7, 11) is 2.16. The third-order valence-corrected chi connectivity index (χ3v) is 7.03. The molecule has 1 aliphatic heterocycles. The number of aryl methyl sites for hydroxylation is 1. The van der Waals surface area contributed by atoms with Gasteiger partial charge in [0.05, 0.1) is 23.9 Å². The largest absolute Gasteiger partial charge is 0.493 e. The predicted octanol–water partition coefficient (Wildman–Crippen LogP) is 3.75. The molecule has 0 unspecified atom stereocenters. The van der Waals surface area contributed by atoms with E-state index in [0.717, 1.165) is 61.7 Å². The standard InChI is InChI=1S/C25H34N6O2/c1-4-33-21-16-19(30-14-12-29(3)13-15-30)10-11-20(21)24-26-22-17(2)28-31(23(22)25(32)27-24)18-8-6-5-7-9-18/h10-11,16,18H,4-9,12-15H2,1-3H3,(H,26,27,32). The van der Waals surface area contributed by atoms with Crippen molar-refractivity contribution in [2.45, 2.75) is 52.0 Å². The van der Waals surface area contributed by atoms with Crippen LogP contribution >= 0.6 is 0 Å². The van der Waals surface area contributed by atoms with Gasteiger partial charge in [0.2, 0.25) is 0 Å². The lowest BCUT2D eigenvalue weighted by atomic mass is 9.95. The maximum atomic E-state index is 13.3. The van der Waals surface area contributed by atoms with Crippen LogP contribution in [0.15, 0.2) is 23.0 Å². The Balaban J connectivity index is 1.54. The lowest BCUT2D eigenvalue weighted by molar-refractivity contribution is 0.312. The molecule has 1 saturated heterocycles. The van der Waals surface area contributed by atoms with E-state index in [9.17, 15) is 4.79 Å². The Morgan fingerprint density at radius 2 is 1.88 bits per heavy atom. The molecule has 2 aliphatic rings. The Bertz CT molecular complexity index is 1190. The number of aromatic amines is 1. The average Bonchev–Trinajstić information content (AvgIpc) is 3.17. The first kappa shape index (κ1) is 21.9. The zero-order valence-corrected chi connectivity index (χ0v) is 19.9. The molecule has 5 rings (SSSR count). The van der Waals surface area contributed by atoms with Gasteiger partial charge in [-0.2, -0.15) is 5.10 Å². The van der Waals surface area contributed by atoms with Gasteiger partial charge in [0.25, 0.3) is 5.56 Å². The fraction of sp³-hybridized carbons (Fsp3) is 0.560. The first-order valence-electron chi connectivity index (χ1n) is 12.2. The Kier molecular flexibility index (Phi) is 6.10. The molecule has 8 heteroatoms. The topological polar surface area (TPSA) is 79.3 Å². The third-order valence-electron chi connectivity index (χ3n) is 7.03. The van der Waals surface area contributed by atoms with Gasteiger partial charge in [0.1, 0.15) is 17.1 Å². The molecule has 0 spiro atoms. The van der Waals surface area contributed by atoms with Crippen molar-refractivity contribution < 1.29 is 4.74 Å². The molecule has 176 valence electrons. The number of likely N-dealkylation sites (N-methyl/N-ethyl adjacent to an activating group) is 1. The second kappa shape index (κ2) is 9.17. The van der Waals surface area contributed by atoms with Crippen molar-refractivity contribution in [3.8, 4) is 17.1 Å². The first-order valence-corrected chi connectivity index (χ1v) is 12.2. The smallest absolute Gasteiger partial charge is 0.277 e. The maximum absolute atomic E-state index is 13.3. The summed E-state index contributed by atoms with van der Waals surface area (Å²) in [6, 6.07) is 6.48. The van der Waals surface area contributed by atoms with Crippen molar-refractivity contribution in [1.82, 2.24) is 24.6 Å². The number of rotatable bonds is 5. The minimum Gasteiger partial charge on any atom is -0.493 e. The molecule has 1 aliphatic carbocycles. The van der Waals surface area contributed by atoms with Gasteiger partial charge in [0.15, 0.2) is 5.52 Å². The van der Waals surface area contributed by atoms with Gasteiger partial charge in [0, 0.05) is 37.9 Å². The molecule has 1 saturated carbocycles. The van der Waals surface area contributed by atoms with E-state index in [1.165, 1.54) is 19.3 Å². The summed E-state index contributed by atoms with van der Waals surface area (Å²) in [4.78, 5) is 25.9. The molecule has 0 atom stereocenters. The van der Waals surface area contributed by atoms with Gasteiger partial charge in [-0.25, -0.2) is 4.98 Å². The molecule has 33 heavy (non-hydrogen) atoms. The Morgan fingerprint density at radius 3 is 2.61 bits per heavy atom. The second-order valence-corrected chi connectivity index (χ2v) is 9.34. The van der Waals surface area contributed by atoms with Crippen LogP contribution in [0.3, 0.4) is 0 Å². The molecule has 3 aromatic rings. The van der Waals surface area contributed by atoms with Gasteiger partial charge < -0.3 is 19.5 Å². The molecule has 0 bridgehead atoms. The number of anilines is 1. The minimum atomic E-state index is -0.133. The Labute approximate surface area is 194 Å². The van der Waals surface area contributed by atoms with Gasteiger partial charge in [-0.15, -0.1) is 0 Å². The van der Waals surface area contributed by atoms with Crippen LogP contribution in [0.25, 0.3) is 22.4 Å². The molecule has 2 aromatic heterocycles. The third kappa shape index (κ3) is 4.24. The number of piperazine rings is 1. The number of nitrogens with one attached hydrogen (secondary N) is 1.